The number of rotatable bonds is 5. The van der Waals surface area contributed by atoms with E-state index < -0.39 is 12.6 Å². The SMILES string of the molecule is CC(C)CC1NC(C)C(=O)N1CCCC(F)(F)F. The number of nitrogens with one attached hydrogen (secondary N) is 1. The lowest BCUT2D eigenvalue weighted by atomic mass is 10.1. The van der Waals surface area contributed by atoms with Gasteiger partial charge in [0.05, 0.1) is 12.2 Å². The van der Waals surface area contributed by atoms with Crippen LogP contribution in [0.5, 0.6) is 0 Å². The highest BCUT2D eigenvalue weighted by molar-refractivity contribution is 5.83. The number of carbonyl (C=O) groups excluding carboxylic acids is 1. The maximum Gasteiger partial charge on any atom is 0.389 e. The molecule has 2 atom stereocenters. The first-order chi connectivity index (χ1) is 8.20. The van der Waals surface area contributed by atoms with Gasteiger partial charge in [-0.25, -0.2) is 0 Å². The summed E-state index contributed by atoms with van der Waals surface area (Å²) >= 11 is 0. The van der Waals surface area contributed by atoms with E-state index in [-0.39, 0.29) is 31.1 Å². The van der Waals surface area contributed by atoms with Crippen LogP contribution >= 0.6 is 0 Å². The molecule has 2 unspecified atom stereocenters. The molecule has 0 radical (unpaired) electrons. The van der Waals surface area contributed by atoms with Gasteiger partial charge in [0.15, 0.2) is 0 Å². The van der Waals surface area contributed by atoms with Gasteiger partial charge in [-0.3, -0.25) is 10.1 Å². The highest BCUT2D eigenvalue weighted by atomic mass is 19.4. The van der Waals surface area contributed by atoms with Gasteiger partial charge < -0.3 is 4.90 Å². The van der Waals surface area contributed by atoms with E-state index in [1.165, 1.54) is 0 Å². The highest BCUT2D eigenvalue weighted by Gasteiger charge is 2.36. The number of alkyl halides is 3. The Morgan fingerprint density at radius 2 is 2.00 bits per heavy atom. The topological polar surface area (TPSA) is 32.3 Å². The summed E-state index contributed by atoms with van der Waals surface area (Å²) < 4.78 is 36.3. The molecule has 1 N–H and O–H groups in total. The summed E-state index contributed by atoms with van der Waals surface area (Å²) in [5.74, 6) is 0.300. The van der Waals surface area contributed by atoms with E-state index in [1.807, 2.05) is 13.8 Å². The zero-order valence-electron chi connectivity index (χ0n) is 11.0. The smallest absolute Gasteiger partial charge is 0.326 e. The molecule has 18 heavy (non-hydrogen) atoms. The molecule has 0 bridgehead atoms. The van der Waals surface area contributed by atoms with E-state index in [1.54, 1.807) is 11.8 Å². The predicted octanol–water partition coefficient (Wildman–Crippen LogP) is 2.52. The van der Waals surface area contributed by atoms with Gasteiger partial charge in [0, 0.05) is 13.0 Å². The number of halogens is 3. The fourth-order valence-electron chi connectivity index (χ4n) is 2.21. The van der Waals surface area contributed by atoms with E-state index in [0.717, 1.165) is 6.42 Å². The fraction of sp³-hybridized carbons (Fsp3) is 0.917. The van der Waals surface area contributed by atoms with Gasteiger partial charge in [-0.05, 0) is 25.7 Å². The predicted molar refractivity (Wildman–Crippen MR) is 62.8 cm³/mol. The molecule has 0 aromatic rings. The molecule has 3 nitrogen and oxygen atoms in total. The number of carbonyl (C=O) groups is 1. The van der Waals surface area contributed by atoms with Crippen molar-refractivity contribution in [3.63, 3.8) is 0 Å². The molecule has 0 aromatic heterocycles. The molecule has 0 spiro atoms. The highest BCUT2D eigenvalue weighted by Crippen LogP contribution is 2.23. The second-order valence-electron chi connectivity index (χ2n) is 5.28. The molecule has 1 aliphatic rings. The summed E-state index contributed by atoms with van der Waals surface area (Å²) in [7, 11) is 0. The van der Waals surface area contributed by atoms with Gasteiger partial charge in [0.1, 0.15) is 0 Å². The molecule has 0 aliphatic carbocycles. The summed E-state index contributed by atoms with van der Waals surface area (Å²) in [6.07, 6.45) is -4.37. The minimum absolute atomic E-state index is 0.0295. The van der Waals surface area contributed by atoms with Gasteiger partial charge in [-0.2, -0.15) is 13.2 Å². The van der Waals surface area contributed by atoms with Gasteiger partial charge in [-0.15, -0.1) is 0 Å². The summed E-state index contributed by atoms with van der Waals surface area (Å²) in [6.45, 7) is 5.98. The van der Waals surface area contributed by atoms with Gasteiger partial charge >= 0.3 is 6.18 Å². The summed E-state index contributed by atoms with van der Waals surface area (Å²) in [5.41, 5.74) is 0. The van der Waals surface area contributed by atoms with Crippen LogP contribution in [0.1, 0.15) is 40.0 Å². The van der Waals surface area contributed by atoms with Crippen molar-refractivity contribution < 1.29 is 18.0 Å². The van der Waals surface area contributed by atoms with Crippen molar-refractivity contribution in [2.45, 2.75) is 58.4 Å². The van der Waals surface area contributed by atoms with Crippen molar-refractivity contribution in [2.24, 2.45) is 5.92 Å². The largest absolute Gasteiger partial charge is 0.389 e. The standard InChI is InChI=1S/C12H21F3N2O/c1-8(2)7-10-16-9(3)11(18)17(10)6-4-5-12(13,14)15/h8-10,16H,4-7H2,1-3H3. The van der Waals surface area contributed by atoms with Crippen LogP contribution in [0.25, 0.3) is 0 Å². The molecule has 106 valence electrons. The zero-order chi connectivity index (χ0) is 13.9. The van der Waals surface area contributed by atoms with Crippen LogP contribution in [0.2, 0.25) is 0 Å². The number of hydrogen-bond donors (Lipinski definition) is 1. The van der Waals surface area contributed by atoms with Crippen molar-refractivity contribution in [1.82, 2.24) is 10.2 Å². The first-order valence-corrected chi connectivity index (χ1v) is 6.34. The van der Waals surface area contributed by atoms with Gasteiger partial charge in [0.2, 0.25) is 5.91 Å². The average molecular weight is 266 g/mol. The second-order valence-corrected chi connectivity index (χ2v) is 5.28. The first-order valence-electron chi connectivity index (χ1n) is 6.34. The molecule has 1 aliphatic heterocycles. The van der Waals surface area contributed by atoms with Crippen molar-refractivity contribution in [1.29, 1.82) is 0 Å². The van der Waals surface area contributed by atoms with Crippen LogP contribution in [0, 0.1) is 5.92 Å². The minimum atomic E-state index is -4.14. The Kier molecular flexibility index (Phi) is 5.01. The summed E-state index contributed by atoms with van der Waals surface area (Å²) in [6, 6.07) is -0.292. The molecule has 0 saturated carbocycles. The molecule has 1 amide bonds. The first kappa shape index (κ1) is 15.3. The normalized spacial score (nSPS) is 25.3. The van der Waals surface area contributed by atoms with Crippen LogP contribution in [0.15, 0.2) is 0 Å². The Balaban J connectivity index is 2.51. The van der Waals surface area contributed by atoms with Crippen molar-refractivity contribution in [3.05, 3.63) is 0 Å². The van der Waals surface area contributed by atoms with Crippen molar-refractivity contribution in [3.8, 4) is 0 Å². The van der Waals surface area contributed by atoms with E-state index >= 15 is 0 Å². The monoisotopic (exact) mass is 266 g/mol. The lowest BCUT2D eigenvalue weighted by molar-refractivity contribution is -0.140. The molecular formula is C12H21F3N2O. The lowest BCUT2D eigenvalue weighted by Gasteiger charge is -2.25. The maximum absolute atomic E-state index is 12.1. The van der Waals surface area contributed by atoms with Crippen LogP contribution in [-0.4, -0.2) is 35.7 Å². The van der Waals surface area contributed by atoms with E-state index in [0.29, 0.717) is 5.92 Å². The molecule has 6 heteroatoms. The zero-order valence-corrected chi connectivity index (χ0v) is 11.0. The van der Waals surface area contributed by atoms with Gasteiger partial charge in [0.25, 0.3) is 0 Å². The van der Waals surface area contributed by atoms with Crippen LogP contribution in [-0.2, 0) is 4.79 Å². The Hall–Kier alpha value is -0.780. The maximum atomic E-state index is 12.1. The van der Waals surface area contributed by atoms with E-state index in [4.69, 9.17) is 0 Å². The molecular weight excluding hydrogens is 245 g/mol. The van der Waals surface area contributed by atoms with Crippen LogP contribution in [0.3, 0.4) is 0 Å². The van der Waals surface area contributed by atoms with Crippen molar-refractivity contribution >= 4 is 5.91 Å². The van der Waals surface area contributed by atoms with Crippen LogP contribution < -0.4 is 5.32 Å². The Labute approximate surface area is 106 Å². The van der Waals surface area contributed by atoms with Gasteiger partial charge in [-0.1, -0.05) is 13.8 Å². The van der Waals surface area contributed by atoms with E-state index in [2.05, 4.69) is 5.32 Å². The molecule has 1 heterocycles. The summed E-state index contributed by atoms with van der Waals surface area (Å²) in [5, 5.41) is 3.13. The van der Waals surface area contributed by atoms with Crippen molar-refractivity contribution in [2.75, 3.05) is 6.54 Å². The third-order valence-corrected chi connectivity index (χ3v) is 3.03. The Morgan fingerprint density at radius 3 is 2.50 bits per heavy atom. The molecule has 1 rings (SSSR count). The third kappa shape index (κ3) is 4.48. The Bertz CT molecular complexity index is 292. The number of hydrogen-bond acceptors (Lipinski definition) is 2. The average Bonchev–Trinajstić information content (AvgIpc) is 2.43. The molecule has 1 fully saturated rings. The molecule has 1 saturated heterocycles. The minimum Gasteiger partial charge on any atom is -0.326 e. The molecule has 0 aromatic carbocycles. The fourth-order valence-corrected chi connectivity index (χ4v) is 2.21. The number of nitrogens with zero attached hydrogens (tertiary/aromatic N) is 1. The third-order valence-electron chi connectivity index (χ3n) is 3.03. The quantitative estimate of drug-likeness (QED) is 0.829. The van der Waals surface area contributed by atoms with Crippen LogP contribution in [0.4, 0.5) is 13.2 Å². The second kappa shape index (κ2) is 5.91. The summed E-state index contributed by atoms with van der Waals surface area (Å²) in [4.78, 5) is 13.4. The van der Waals surface area contributed by atoms with E-state index in [9.17, 15) is 18.0 Å². The lowest BCUT2D eigenvalue weighted by Crippen LogP contribution is -2.39. The number of amides is 1. The Morgan fingerprint density at radius 1 is 1.39 bits per heavy atom.